The van der Waals surface area contributed by atoms with Crippen LogP contribution in [0.1, 0.15) is 93.3 Å². The molecule has 0 radical (unpaired) electrons. The van der Waals surface area contributed by atoms with E-state index in [0.29, 0.717) is 17.2 Å². The van der Waals surface area contributed by atoms with Crippen LogP contribution in [0.3, 0.4) is 0 Å². The van der Waals surface area contributed by atoms with Gasteiger partial charge in [-0.3, -0.25) is 0 Å². The van der Waals surface area contributed by atoms with Gasteiger partial charge in [-0.2, -0.15) is 0 Å². The zero-order chi connectivity index (χ0) is 28.7. The van der Waals surface area contributed by atoms with Crippen molar-refractivity contribution in [3.05, 3.63) is 100 Å². The highest BCUT2D eigenvalue weighted by molar-refractivity contribution is 5.46. The Bertz CT molecular complexity index is 1150. The van der Waals surface area contributed by atoms with E-state index in [1.165, 1.54) is 22.3 Å². The molecular weight excluding hydrogens is 468 g/mol. The number of phenolic OH excluding ortho intramolecular Hbond substituents is 3. The zero-order valence-electron chi connectivity index (χ0n) is 24.8. The molecule has 0 fully saturated rings. The number of para-hydroxylation sites is 1. The number of allylic oxidation sites excluding steroid dienone is 1. The molecule has 0 amide bonds. The molecule has 0 aliphatic carbocycles. The van der Waals surface area contributed by atoms with Gasteiger partial charge in [0.1, 0.15) is 17.2 Å². The summed E-state index contributed by atoms with van der Waals surface area (Å²) in [5, 5.41) is 29.8. The highest BCUT2D eigenvalue weighted by Gasteiger charge is 2.20. The molecule has 0 bridgehead atoms. The summed E-state index contributed by atoms with van der Waals surface area (Å²) in [5.74, 6) is 1.16. The topological polar surface area (TPSA) is 60.7 Å². The van der Waals surface area contributed by atoms with Gasteiger partial charge in [-0.05, 0) is 114 Å². The number of phenols is 3. The minimum atomic E-state index is -0.0565. The summed E-state index contributed by atoms with van der Waals surface area (Å²) in [6.07, 6.45) is 6.78. The molecule has 38 heavy (non-hydrogen) atoms. The van der Waals surface area contributed by atoms with E-state index in [4.69, 9.17) is 0 Å². The van der Waals surface area contributed by atoms with Crippen LogP contribution in [0.15, 0.2) is 61.2 Å². The van der Waals surface area contributed by atoms with E-state index < -0.39 is 0 Å². The van der Waals surface area contributed by atoms with Crippen molar-refractivity contribution < 1.29 is 15.3 Å². The Hall–Kier alpha value is -3.20. The van der Waals surface area contributed by atoms with Gasteiger partial charge in [-0.1, -0.05) is 78.0 Å². The third kappa shape index (κ3) is 8.68. The van der Waals surface area contributed by atoms with Crippen molar-refractivity contribution >= 4 is 0 Å². The van der Waals surface area contributed by atoms with Crippen LogP contribution in [0.25, 0.3) is 0 Å². The Labute approximate surface area is 230 Å². The van der Waals surface area contributed by atoms with Gasteiger partial charge in [0.2, 0.25) is 0 Å². The monoisotopic (exact) mass is 516 g/mol. The molecule has 0 aromatic heterocycles. The molecule has 0 heterocycles. The maximum atomic E-state index is 10.3. The van der Waals surface area contributed by atoms with Gasteiger partial charge in [0.05, 0.1) is 0 Å². The summed E-state index contributed by atoms with van der Waals surface area (Å²) < 4.78 is 0. The van der Waals surface area contributed by atoms with Gasteiger partial charge in [0.15, 0.2) is 0 Å². The van der Waals surface area contributed by atoms with E-state index in [2.05, 4.69) is 74.1 Å². The minimum absolute atomic E-state index is 0.0565. The van der Waals surface area contributed by atoms with Crippen molar-refractivity contribution in [1.29, 1.82) is 0 Å². The highest BCUT2D eigenvalue weighted by atomic mass is 16.3. The molecule has 3 nitrogen and oxygen atoms in total. The number of aryl methyl sites for hydroxylation is 4. The van der Waals surface area contributed by atoms with Gasteiger partial charge < -0.3 is 15.3 Å². The molecule has 3 rings (SSSR count). The van der Waals surface area contributed by atoms with E-state index >= 15 is 0 Å². The quantitative estimate of drug-likeness (QED) is 0.217. The summed E-state index contributed by atoms with van der Waals surface area (Å²) in [6, 6.07) is 15.5. The van der Waals surface area contributed by atoms with Gasteiger partial charge in [-0.25, -0.2) is 0 Å². The molecule has 3 aromatic carbocycles. The van der Waals surface area contributed by atoms with Crippen molar-refractivity contribution in [1.82, 2.24) is 0 Å². The summed E-state index contributed by atoms with van der Waals surface area (Å²) in [6.45, 7) is 20.6. The largest absolute Gasteiger partial charge is 0.508 e. The fourth-order valence-electron chi connectivity index (χ4n) is 4.69. The second-order valence-electron chi connectivity index (χ2n) is 12.4. The van der Waals surface area contributed by atoms with Gasteiger partial charge >= 0.3 is 0 Å². The lowest BCUT2D eigenvalue weighted by Gasteiger charge is -2.23. The van der Waals surface area contributed by atoms with Crippen molar-refractivity contribution in [3.8, 4) is 17.2 Å². The molecule has 0 spiro atoms. The summed E-state index contributed by atoms with van der Waals surface area (Å²) >= 11 is 0. The molecule has 206 valence electrons. The van der Waals surface area contributed by atoms with Crippen LogP contribution in [-0.2, 0) is 30.1 Å². The predicted molar refractivity (Wildman–Crippen MR) is 162 cm³/mol. The van der Waals surface area contributed by atoms with Crippen molar-refractivity contribution in [2.24, 2.45) is 0 Å². The first-order valence-electron chi connectivity index (χ1n) is 13.7. The number of hydrogen-bond acceptors (Lipinski definition) is 3. The Balaban J connectivity index is 0.000000423. The average Bonchev–Trinajstić information content (AvgIpc) is 2.79. The second kappa shape index (κ2) is 13.0. The maximum Gasteiger partial charge on any atom is 0.119 e. The SMILES string of the molecule is C=CCc1ccccc1O.Cc1cc(O)c(C(C)(C)C)cc1CCCCc1cc(C(C)(C)C)c(O)cc1C. The number of unbranched alkanes of at least 4 members (excludes halogenated alkanes) is 1. The molecule has 0 atom stereocenters. The summed E-state index contributed by atoms with van der Waals surface area (Å²) in [7, 11) is 0. The van der Waals surface area contributed by atoms with Crippen molar-refractivity contribution in [3.63, 3.8) is 0 Å². The van der Waals surface area contributed by atoms with Crippen LogP contribution in [0.5, 0.6) is 17.2 Å². The fourth-order valence-corrected chi connectivity index (χ4v) is 4.69. The molecule has 0 saturated heterocycles. The Morgan fingerprint density at radius 1 is 0.632 bits per heavy atom. The summed E-state index contributed by atoms with van der Waals surface area (Å²) in [4.78, 5) is 0. The highest BCUT2D eigenvalue weighted by Crippen LogP contribution is 2.35. The van der Waals surface area contributed by atoms with Gasteiger partial charge in [-0.15, -0.1) is 6.58 Å². The van der Waals surface area contributed by atoms with E-state index in [9.17, 15) is 15.3 Å². The molecule has 3 N–H and O–H groups in total. The van der Waals surface area contributed by atoms with Crippen LogP contribution in [0.4, 0.5) is 0 Å². The molecule has 0 saturated carbocycles. The molecule has 0 aliphatic rings. The standard InChI is InChI=1S/C26H38O2.C9H10O/c1-17-13-23(27)21(25(3,4)5)15-19(17)11-9-10-12-20-16-22(26(6,7)8)24(28)14-18(20)2;1-2-5-8-6-3-4-7-9(8)10/h13-16,27-28H,9-12H2,1-8H3;2-4,6-7,10H,1,5H2. The predicted octanol–water partition coefficient (Wildman–Crippen LogP) is 9.00. The lowest BCUT2D eigenvalue weighted by molar-refractivity contribution is 0.444. The van der Waals surface area contributed by atoms with Gasteiger partial charge in [0.25, 0.3) is 0 Å². The molecular formula is C35H48O3. The molecule has 0 aliphatic heterocycles. The number of benzene rings is 3. The maximum absolute atomic E-state index is 10.3. The van der Waals surface area contributed by atoms with E-state index in [1.54, 1.807) is 12.1 Å². The van der Waals surface area contributed by atoms with Crippen LogP contribution < -0.4 is 0 Å². The smallest absolute Gasteiger partial charge is 0.119 e. The Morgan fingerprint density at radius 2 is 1.05 bits per heavy atom. The van der Waals surface area contributed by atoms with Crippen LogP contribution in [0.2, 0.25) is 0 Å². The first-order valence-corrected chi connectivity index (χ1v) is 13.7. The lowest BCUT2D eigenvalue weighted by atomic mass is 9.83. The van der Waals surface area contributed by atoms with E-state index in [0.717, 1.165) is 48.8 Å². The van der Waals surface area contributed by atoms with Gasteiger partial charge in [0, 0.05) is 0 Å². The number of rotatable bonds is 7. The first kappa shape index (κ1) is 31.0. The Morgan fingerprint density at radius 3 is 1.42 bits per heavy atom. The molecule has 0 unspecified atom stereocenters. The van der Waals surface area contributed by atoms with E-state index in [-0.39, 0.29) is 10.8 Å². The molecule has 3 aromatic rings. The number of aromatic hydroxyl groups is 3. The van der Waals surface area contributed by atoms with Crippen LogP contribution >= 0.6 is 0 Å². The Kier molecular flexibility index (Phi) is 10.6. The van der Waals surface area contributed by atoms with Crippen LogP contribution in [0, 0.1) is 13.8 Å². The van der Waals surface area contributed by atoms with Crippen molar-refractivity contribution in [2.45, 2.75) is 98.3 Å². The first-order chi connectivity index (χ1) is 17.6. The average molecular weight is 517 g/mol. The minimum Gasteiger partial charge on any atom is -0.508 e. The number of hydrogen-bond donors (Lipinski definition) is 3. The van der Waals surface area contributed by atoms with Crippen LogP contribution in [-0.4, -0.2) is 15.3 Å². The second-order valence-corrected chi connectivity index (χ2v) is 12.4. The molecule has 3 heteroatoms. The lowest BCUT2D eigenvalue weighted by Crippen LogP contribution is -2.12. The third-order valence-corrected chi connectivity index (χ3v) is 7.02. The normalized spacial score (nSPS) is 11.6. The third-order valence-electron chi connectivity index (χ3n) is 7.02. The summed E-state index contributed by atoms with van der Waals surface area (Å²) in [5.41, 5.74) is 7.87. The fraction of sp³-hybridized carbons (Fsp3) is 0.429. The van der Waals surface area contributed by atoms with Crippen molar-refractivity contribution in [2.75, 3.05) is 0 Å². The van der Waals surface area contributed by atoms with E-state index in [1.807, 2.05) is 30.3 Å². The zero-order valence-corrected chi connectivity index (χ0v) is 24.8.